The number of rotatable bonds is 9. The molecule has 90 valence electrons. The van der Waals surface area contributed by atoms with Gasteiger partial charge in [0.2, 0.25) is 0 Å². The summed E-state index contributed by atoms with van der Waals surface area (Å²) in [6, 6.07) is 0. The summed E-state index contributed by atoms with van der Waals surface area (Å²) in [5.74, 6) is 1.03. The second kappa shape index (κ2) is 7.13. The van der Waals surface area contributed by atoms with Gasteiger partial charge in [-0.1, -0.05) is 75.0 Å². The number of unbranched alkanes of at least 4 members (excludes halogenated alkanes) is 5. The quantitative estimate of drug-likeness (QED) is 0.295. The van der Waals surface area contributed by atoms with Crippen LogP contribution in [0.1, 0.15) is 71.6 Å². The van der Waals surface area contributed by atoms with Crippen LogP contribution in [-0.4, -0.2) is 4.43 Å². The van der Waals surface area contributed by atoms with E-state index in [1.54, 1.807) is 0 Å². The molecule has 0 radical (unpaired) electrons. The van der Waals surface area contributed by atoms with Crippen LogP contribution in [0.3, 0.4) is 0 Å². The van der Waals surface area contributed by atoms with Gasteiger partial charge in [-0.25, -0.2) is 0 Å². The van der Waals surface area contributed by atoms with Gasteiger partial charge < -0.3 is 0 Å². The molecule has 1 heteroatoms. The normalized spacial score (nSPS) is 29.4. The molecule has 0 nitrogen and oxygen atoms in total. The summed E-state index contributed by atoms with van der Waals surface area (Å²) in [5.41, 5.74) is 0.798. The van der Waals surface area contributed by atoms with E-state index in [0.717, 1.165) is 11.3 Å². The predicted octanol–water partition coefficient (Wildman–Crippen LogP) is 5.59. The van der Waals surface area contributed by atoms with Crippen LogP contribution in [-0.2, 0) is 0 Å². The molecule has 1 fully saturated rings. The Labute approximate surface area is 110 Å². The highest BCUT2D eigenvalue weighted by Crippen LogP contribution is 2.58. The van der Waals surface area contributed by atoms with Crippen molar-refractivity contribution in [2.24, 2.45) is 11.3 Å². The maximum Gasteiger partial charge on any atom is 0.0000658 e. The summed E-state index contributed by atoms with van der Waals surface area (Å²) in [7, 11) is 0. The third-order valence-electron chi connectivity index (χ3n) is 4.22. The van der Waals surface area contributed by atoms with E-state index in [1.165, 1.54) is 62.2 Å². The lowest BCUT2D eigenvalue weighted by Crippen LogP contribution is -2.04. The van der Waals surface area contributed by atoms with E-state index >= 15 is 0 Å². The first-order valence-corrected chi connectivity index (χ1v) is 8.33. The minimum absolute atomic E-state index is 0.798. The molecule has 0 amide bonds. The standard InChI is InChI=1S/C14H27I/c1-3-4-5-6-7-8-9-14(10-11-15)12-13(14)2/h13H,3-12H2,1-2H3. The first-order valence-electron chi connectivity index (χ1n) is 6.81. The van der Waals surface area contributed by atoms with Gasteiger partial charge in [-0.2, -0.15) is 0 Å². The van der Waals surface area contributed by atoms with Crippen molar-refractivity contribution in [3.05, 3.63) is 0 Å². The first kappa shape index (κ1) is 13.8. The van der Waals surface area contributed by atoms with Gasteiger partial charge in [0.25, 0.3) is 0 Å². The molecular weight excluding hydrogens is 295 g/mol. The second-order valence-electron chi connectivity index (χ2n) is 5.42. The Morgan fingerprint density at radius 1 is 1.07 bits per heavy atom. The zero-order valence-corrected chi connectivity index (χ0v) is 12.7. The fraction of sp³-hybridized carbons (Fsp3) is 1.00. The fourth-order valence-electron chi connectivity index (χ4n) is 2.82. The summed E-state index contributed by atoms with van der Waals surface area (Å²) in [5, 5.41) is 0. The van der Waals surface area contributed by atoms with Crippen molar-refractivity contribution >= 4 is 22.6 Å². The van der Waals surface area contributed by atoms with Crippen LogP contribution < -0.4 is 0 Å². The van der Waals surface area contributed by atoms with Crippen molar-refractivity contribution in [3.63, 3.8) is 0 Å². The molecule has 0 N–H and O–H groups in total. The van der Waals surface area contributed by atoms with Crippen molar-refractivity contribution in [1.29, 1.82) is 0 Å². The van der Waals surface area contributed by atoms with Crippen LogP contribution in [0.2, 0.25) is 0 Å². The molecule has 0 aromatic rings. The van der Waals surface area contributed by atoms with Crippen molar-refractivity contribution in [1.82, 2.24) is 0 Å². The van der Waals surface area contributed by atoms with Crippen molar-refractivity contribution < 1.29 is 0 Å². The molecule has 1 aliphatic carbocycles. The highest BCUT2D eigenvalue weighted by molar-refractivity contribution is 14.1. The Morgan fingerprint density at radius 3 is 2.20 bits per heavy atom. The van der Waals surface area contributed by atoms with E-state index in [1.807, 2.05) is 0 Å². The van der Waals surface area contributed by atoms with Crippen LogP contribution in [0.15, 0.2) is 0 Å². The van der Waals surface area contributed by atoms with Crippen LogP contribution in [0.5, 0.6) is 0 Å². The molecule has 0 spiro atoms. The van der Waals surface area contributed by atoms with Crippen molar-refractivity contribution in [2.75, 3.05) is 4.43 Å². The van der Waals surface area contributed by atoms with E-state index in [0.29, 0.717) is 0 Å². The number of hydrogen-bond acceptors (Lipinski definition) is 0. The highest BCUT2D eigenvalue weighted by atomic mass is 127. The van der Waals surface area contributed by atoms with Gasteiger partial charge in [-0.15, -0.1) is 0 Å². The van der Waals surface area contributed by atoms with Crippen LogP contribution >= 0.6 is 22.6 Å². The molecule has 0 aromatic heterocycles. The molecule has 2 unspecified atom stereocenters. The number of hydrogen-bond donors (Lipinski definition) is 0. The van der Waals surface area contributed by atoms with Crippen LogP contribution in [0.4, 0.5) is 0 Å². The topological polar surface area (TPSA) is 0 Å². The van der Waals surface area contributed by atoms with Crippen molar-refractivity contribution in [3.8, 4) is 0 Å². The predicted molar refractivity (Wildman–Crippen MR) is 77.7 cm³/mol. The van der Waals surface area contributed by atoms with Crippen molar-refractivity contribution in [2.45, 2.75) is 71.6 Å². The molecule has 0 saturated heterocycles. The Bertz CT molecular complexity index is 167. The molecule has 15 heavy (non-hydrogen) atoms. The summed E-state index contributed by atoms with van der Waals surface area (Å²) in [4.78, 5) is 0. The van der Waals surface area contributed by atoms with E-state index in [2.05, 4.69) is 36.4 Å². The lowest BCUT2D eigenvalue weighted by Gasteiger charge is -2.14. The van der Waals surface area contributed by atoms with E-state index < -0.39 is 0 Å². The molecule has 0 aliphatic heterocycles. The molecule has 0 heterocycles. The summed E-state index contributed by atoms with van der Waals surface area (Å²) >= 11 is 2.54. The smallest absolute Gasteiger partial charge is 0.0000658 e. The number of alkyl halides is 1. The largest absolute Gasteiger partial charge is 0.0864 e. The minimum Gasteiger partial charge on any atom is -0.0864 e. The number of halogens is 1. The molecule has 0 aromatic carbocycles. The molecule has 0 bridgehead atoms. The molecular formula is C14H27I. The maximum atomic E-state index is 2.54. The molecule has 2 atom stereocenters. The van der Waals surface area contributed by atoms with Gasteiger partial charge >= 0.3 is 0 Å². The Morgan fingerprint density at radius 2 is 1.67 bits per heavy atom. The van der Waals surface area contributed by atoms with E-state index in [-0.39, 0.29) is 0 Å². The molecule has 1 rings (SSSR count). The van der Waals surface area contributed by atoms with Gasteiger partial charge in [0.05, 0.1) is 0 Å². The third kappa shape index (κ3) is 4.62. The molecule has 1 saturated carbocycles. The fourth-order valence-corrected chi connectivity index (χ4v) is 3.89. The molecule has 1 aliphatic rings. The summed E-state index contributed by atoms with van der Waals surface area (Å²) < 4.78 is 1.36. The monoisotopic (exact) mass is 322 g/mol. The third-order valence-corrected chi connectivity index (χ3v) is 4.76. The summed E-state index contributed by atoms with van der Waals surface area (Å²) in [6.45, 7) is 4.74. The van der Waals surface area contributed by atoms with E-state index in [9.17, 15) is 0 Å². The van der Waals surface area contributed by atoms with Crippen LogP contribution in [0, 0.1) is 11.3 Å². The lowest BCUT2D eigenvalue weighted by atomic mass is 9.93. The minimum atomic E-state index is 0.798. The lowest BCUT2D eigenvalue weighted by molar-refractivity contribution is 0.393. The maximum absolute atomic E-state index is 2.54. The summed E-state index contributed by atoms with van der Waals surface area (Å²) in [6.07, 6.45) is 13.2. The first-order chi connectivity index (χ1) is 7.25. The Kier molecular flexibility index (Phi) is 6.56. The van der Waals surface area contributed by atoms with Gasteiger partial charge in [0.15, 0.2) is 0 Å². The van der Waals surface area contributed by atoms with Gasteiger partial charge in [0.1, 0.15) is 0 Å². The SMILES string of the molecule is CCCCCCCCC1(CCI)CC1C. The highest BCUT2D eigenvalue weighted by Gasteiger charge is 2.48. The average Bonchev–Trinajstić information content (AvgIpc) is 2.84. The van der Waals surface area contributed by atoms with Gasteiger partial charge in [-0.05, 0) is 30.6 Å². The van der Waals surface area contributed by atoms with Crippen LogP contribution in [0.25, 0.3) is 0 Å². The van der Waals surface area contributed by atoms with Gasteiger partial charge in [0, 0.05) is 4.43 Å². The van der Waals surface area contributed by atoms with Gasteiger partial charge in [-0.3, -0.25) is 0 Å². The average molecular weight is 322 g/mol. The van der Waals surface area contributed by atoms with E-state index in [4.69, 9.17) is 0 Å². The second-order valence-corrected chi connectivity index (χ2v) is 6.50. The Balaban J connectivity index is 1.99. The Hall–Kier alpha value is 0.730. The zero-order chi connectivity index (χ0) is 11.1. The zero-order valence-electron chi connectivity index (χ0n) is 10.5.